The Labute approximate surface area is 114 Å². The van der Waals surface area contributed by atoms with Gasteiger partial charge in [0.2, 0.25) is 0 Å². The Morgan fingerprint density at radius 3 is 2.67 bits per heavy atom. The standard InChI is InChI=1S/C13H15BrN2O2/c1-9-2-3-12(14)11(8-9)13(17)16-6-4-10(15-18)5-7-16/h2-3,8,18H,4-7H2,1H3. The minimum absolute atomic E-state index is 0.0302. The first-order chi connectivity index (χ1) is 8.61. The van der Waals surface area contributed by atoms with E-state index in [0.29, 0.717) is 31.5 Å². The van der Waals surface area contributed by atoms with Crippen LogP contribution in [0.15, 0.2) is 27.8 Å². The fourth-order valence-corrected chi connectivity index (χ4v) is 2.46. The van der Waals surface area contributed by atoms with E-state index in [4.69, 9.17) is 5.21 Å². The number of likely N-dealkylation sites (tertiary alicyclic amines) is 1. The van der Waals surface area contributed by atoms with Crippen LogP contribution >= 0.6 is 15.9 Å². The Morgan fingerprint density at radius 2 is 2.06 bits per heavy atom. The third kappa shape index (κ3) is 2.72. The Bertz CT molecular complexity index is 490. The van der Waals surface area contributed by atoms with Gasteiger partial charge >= 0.3 is 0 Å². The second-order valence-corrected chi connectivity index (χ2v) is 5.30. The summed E-state index contributed by atoms with van der Waals surface area (Å²) in [6.07, 6.45) is 1.29. The Hall–Kier alpha value is -1.36. The van der Waals surface area contributed by atoms with E-state index < -0.39 is 0 Å². The lowest BCUT2D eigenvalue weighted by molar-refractivity contribution is 0.0752. The van der Waals surface area contributed by atoms with Gasteiger partial charge in [0.25, 0.3) is 5.91 Å². The van der Waals surface area contributed by atoms with Crippen molar-refractivity contribution in [2.75, 3.05) is 13.1 Å². The Morgan fingerprint density at radius 1 is 1.39 bits per heavy atom. The summed E-state index contributed by atoms with van der Waals surface area (Å²) in [5, 5.41) is 11.9. The van der Waals surface area contributed by atoms with Gasteiger partial charge in [0, 0.05) is 30.4 Å². The van der Waals surface area contributed by atoms with Gasteiger partial charge in [0.1, 0.15) is 0 Å². The minimum Gasteiger partial charge on any atom is -0.411 e. The van der Waals surface area contributed by atoms with Crippen LogP contribution in [0.3, 0.4) is 0 Å². The summed E-state index contributed by atoms with van der Waals surface area (Å²) in [5.74, 6) is 0.0302. The monoisotopic (exact) mass is 310 g/mol. The third-order valence-corrected chi connectivity index (χ3v) is 3.81. The number of amides is 1. The van der Waals surface area contributed by atoms with E-state index in [1.807, 2.05) is 25.1 Å². The van der Waals surface area contributed by atoms with Crippen LogP contribution < -0.4 is 0 Å². The second kappa shape index (κ2) is 5.52. The summed E-state index contributed by atoms with van der Waals surface area (Å²) in [5.41, 5.74) is 2.53. The molecule has 18 heavy (non-hydrogen) atoms. The van der Waals surface area contributed by atoms with Gasteiger partial charge in [-0.25, -0.2) is 0 Å². The first kappa shape index (κ1) is 13.1. The number of oxime groups is 1. The average molecular weight is 311 g/mol. The molecule has 0 aromatic heterocycles. The van der Waals surface area contributed by atoms with Crippen molar-refractivity contribution in [3.05, 3.63) is 33.8 Å². The van der Waals surface area contributed by atoms with Crippen LogP contribution in [0.1, 0.15) is 28.8 Å². The highest BCUT2D eigenvalue weighted by atomic mass is 79.9. The highest BCUT2D eigenvalue weighted by Crippen LogP contribution is 2.21. The number of hydrogen-bond acceptors (Lipinski definition) is 3. The molecule has 5 heteroatoms. The fraction of sp³-hybridized carbons (Fsp3) is 0.385. The topological polar surface area (TPSA) is 52.9 Å². The van der Waals surface area contributed by atoms with Crippen molar-refractivity contribution < 1.29 is 10.0 Å². The molecule has 2 rings (SSSR count). The molecule has 0 atom stereocenters. The molecule has 0 radical (unpaired) electrons. The molecule has 1 saturated heterocycles. The van der Waals surface area contributed by atoms with Gasteiger partial charge in [0.05, 0.1) is 11.3 Å². The lowest BCUT2D eigenvalue weighted by Gasteiger charge is -2.27. The number of carbonyl (C=O) groups is 1. The molecular formula is C13H15BrN2O2. The normalized spacial score (nSPS) is 15.7. The van der Waals surface area contributed by atoms with E-state index in [2.05, 4.69) is 21.1 Å². The fourth-order valence-electron chi connectivity index (χ4n) is 2.04. The maximum Gasteiger partial charge on any atom is 0.255 e. The number of benzene rings is 1. The van der Waals surface area contributed by atoms with Crippen LogP contribution in [-0.4, -0.2) is 34.8 Å². The van der Waals surface area contributed by atoms with Crippen LogP contribution in [-0.2, 0) is 0 Å². The largest absolute Gasteiger partial charge is 0.411 e. The SMILES string of the molecule is Cc1ccc(Br)c(C(=O)N2CCC(=NO)CC2)c1. The minimum atomic E-state index is 0.0302. The van der Waals surface area contributed by atoms with Crippen molar-refractivity contribution >= 4 is 27.5 Å². The van der Waals surface area contributed by atoms with Crippen LogP contribution in [0.25, 0.3) is 0 Å². The summed E-state index contributed by atoms with van der Waals surface area (Å²) in [6.45, 7) is 3.19. The van der Waals surface area contributed by atoms with Crippen LogP contribution in [0, 0.1) is 6.92 Å². The maximum absolute atomic E-state index is 12.4. The first-order valence-electron chi connectivity index (χ1n) is 5.87. The lowest BCUT2D eigenvalue weighted by Crippen LogP contribution is -2.38. The molecule has 1 fully saturated rings. The van der Waals surface area contributed by atoms with Gasteiger partial charge in [-0.05, 0) is 35.0 Å². The first-order valence-corrected chi connectivity index (χ1v) is 6.66. The number of rotatable bonds is 1. The van der Waals surface area contributed by atoms with Crippen LogP contribution in [0.5, 0.6) is 0 Å². The second-order valence-electron chi connectivity index (χ2n) is 4.44. The molecule has 1 N–H and O–H groups in total. The van der Waals surface area contributed by atoms with Crippen LogP contribution in [0.2, 0.25) is 0 Å². The molecule has 0 saturated carbocycles. The quantitative estimate of drug-likeness (QED) is 0.640. The number of halogens is 1. The van der Waals surface area contributed by atoms with Crippen LogP contribution in [0.4, 0.5) is 0 Å². The van der Waals surface area contributed by atoms with Gasteiger partial charge in [-0.3, -0.25) is 4.79 Å². The van der Waals surface area contributed by atoms with E-state index in [0.717, 1.165) is 15.7 Å². The van der Waals surface area contributed by atoms with Crippen molar-refractivity contribution in [1.82, 2.24) is 4.90 Å². The van der Waals surface area contributed by atoms with Crippen molar-refractivity contribution in [2.24, 2.45) is 5.16 Å². The Kier molecular flexibility index (Phi) is 4.01. The highest BCUT2D eigenvalue weighted by molar-refractivity contribution is 9.10. The molecule has 1 aromatic carbocycles. The highest BCUT2D eigenvalue weighted by Gasteiger charge is 2.22. The number of carbonyl (C=O) groups excluding carboxylic acids is 1. The molecule has 0 unspecified atom stereocenters. The molecule has 1 aromatic rings. The summed E-state index contributed by atoms with van der Waals surface area (Å²) in [6, 6.07) is 5.75. The van der Waals surface area contributed by atoms with Crippen molar-refractivity contribution in [2.45, 2.75) is 19.8 Å². The molecule has 96 valence electrons. The molecule has 0 spiro atoms. The summed E-state index contributed by atoms with van der Waals surface area (Å²) < 4.78 is 0.819. The van der Waals surface area contributed by atoms with Gasteiger partial charge in [-0.15, -0.1) is 0 Å². The zero-order valence-corrected chi connectivity index (χ0v) is 11.8. The van der Waals surface area contributed by atoms with E-state index in [1.54, 1.807) is 4.90 Å². The summed E-state index contributed by atoms with van der Waals surface area (Å²) in [7, 11) is 0. The zero-order valence-electron chi connectivity index (χ0n) is 10.2. The van der Waals surface area contributed by atoms with E-state index >= 15 is 0 Å². The van der Waals surface area contributed by atoms with E-state index in [-0.39, 0.29) is 5.91 Å². The number of hydrogen-bond donors (Lipinski definition) is 1. The molecule has 1 amide bonds. The number of aryl methyl sites for hydroxylation is 1. The van der Waals surface area contributed by atoms with Gasteiger partial charge in [-0.2, -0.15) is 0 Å². The molecule has 4 nitrogen and oxygen atoms in total. The molecule has 0 aliphatic carbocycles. The summed E-state index contributed by atoms with van der Waals surface area (Å²) >= 11 is 3.41. The average Bonchev–Trinajstić information content (AvgIpc) is 2.41. The maximum atomic E-state index is 12.4. The van der Waals surface area contributed by atoms with Crippen molar-refractivity contribution in [1.29, 1.82) is 0 Å². The number of piperidine rings is 1. The third-order valence-electron chi connectivity index (χ3n) is 3.12. The molecule has 1 heterocycles. The predicted molar refractivity (Wildman–Crippen MR) is 73.2 cm³/mol. The smallest absolute Gasteiger partial charge is 0.255 e. The lowest BCUT2D eigenvalue weighted by atomic mass is 10.1. The predicted octanol–water partition coefficient (Wildman–Crippen LogP) is 2.82. The van der Waals surface area contributed by atoms with E-state index in [1.165, 1.54) is 0 Å². The molecule has 0 bridgehead atoms. The number of nitrogens with zero attached hydrogens (tertiary/aromatic N) is 2. The van der Waals surface area contributed by atoms with Gasteiger partial charge in [-0.1, -0.05) is 16.8 Å². The zero-order chi connectivity index (χ0) is 13.1. The molecular weight excluding hydrogens is 296 g/mol. The van der Waals surface area contributed by atoms with Crippen molar-refractivity contribution in [3.8, 4) is 0 Å². The molecule has 1 aliphatic rings. The van der Waals surface area contributed by atoms with Gasteiger partial charge < -0.3 is 10.1 Å². The molecule has 1 aliphatic heterocycles. The Balaban J connectivity index is 2.15. The van der Waals surface area contributed by atoms with Crippen molar-refractivity contribution in [3.63, 3.8) is 0 Å². The van der Waals surface area contributed by atoms with E-state index in [9.17, 15) is 4.79 Å². The summed E-state index contributed by atoms with van der Waals surface area (Å²) in [4.78, 5) is 14.2. The van der Waals surface area contributed by atoms with Gasteiger partial charge in [0.15, 0.2) is 0 Å².